The van der Waals surface area contributed by atoms with E-state index < -0.39 is 5.97 Å². The minimum absolute atomic E-state index is 0.0894. The smallest absolute Gasteiger partial charge is 0.324 e. The largest absolute Gasteiger partial charge is 0.491 e. The number of aryl methyl sites for hydroxylation is 1. The number of aromatic hydroxyl groups is 1. The molecule has 0 radical (unpaired) electrons. The van der Waals surface area contributed by atoms with E-state index in [2.05, 4.69) is 20.4 Å². The Labute approximate surface area is 74.2 Å². The SMILES string of the molecule is Cc1onc(O)c1CCC(=O)ON. The van der Waals surface area contributed by atoms with E-state index in [1.54, 1.807) is 6.92 Å². The van der Waals surface area contributed by atoms with Crippen molar-refractivity contribution in [2.24, 2.45) is 5.90 Å². The van der Waals surface area contributed by atoms with E-state index in [-0.39, 0.29) is 12.3 Å². The summed E-state index contributed by atoms with van der Waals surface area (Å²) in [4.78, 5) is 14.6. The third-order valence-electron chi connectivity index (χ3n) is 1.67. The summed E-state index contributed by atoms with van der Waals surface area (Å²) in [5.74, 6) is 4.39. The van der Waals surface area contributed by atoms with E-state index in [1.807, 2.05) is 0 Å². The molecule has 72 valence electrons. The third kappa shape index (κ3) is 2.19. The summed E-state index contributed by atoms with van der Waals surface area (Å²) in [6.45, 7) is 1.65. The van der Waals surface area contributed by atoms with Crippen LogP contribution in [-0.2, 0) is 16.1 Å². The van der Waals surface area contributed by atoms with E-state index in [0.29, 0.717) is 17.7 Å². The molecule has 1 heterocycles. The van der Waals surface area contributed by atoms with Crippen molar-refractivity contribution < 1.29 is 19.3 Å². The highest BCUT2D eigenvalue weighted by atomic mass is 16.7. The fraction of sp³-hybridized carbons (Fsp3) is 0.429. The zero-order valence-corrected chi connectivity index (χ0v) is 7.11. The average Bonchev–Trinajstić information content (AvgIpc) is 2.43. The Morgan fingerprint density at radius 2 is 2.46 bits per heavy atom. The van der Waals surface area contributed by atoms with Gasteiger partial charge in [0, 0.05) is 0 Å². The Hall–Kier alpha value is -1.56. The lowest BCUT2D eigenvalue weighted by molar-refractivity contribution is -0.144. The first-order valence-electron chi connectivity index (χ1n) is 3.68. The lowest BCUT2D eigenvalue weighted by atomic mass is 10.1. The Kier molecular flexibility index (Phi) is 2.86. The van der Waals surface area contributed by atoms with Gasteiger partial charge in [-0.25, -0.2) is 0 Å². The number of rotatable bonds is 3. The summed E-state index contributed by atoms with van der Waals surface area (Å²) in [6, 6.07) is 0. The molecule has 0 spiro atoms. The van der Waals surface area contributed by atoms with Crippen LogP contribution in [0.15, 0.2) is 4.52 Å². The zero-order valence-electron chi connectivity index (χ0n) is 7.11. The Balaban J connectivity index is 2.58. The number of nitrogens with two attached hydrogens (primary N) is 1. The van der Waals surface area contributed by atoms with Crippen LogP contribution in [0.1, 0.15) is 17.7 Å². The molecule has 1 aromatic heterocycles. The van der Waals surface area contributed by atoms with Gasteiger partial charge in [-0.05, 0) is 18.5 Å². The zero-order chi connectivity index (χ0) is 9.84. The van der Waals surface area contributed by atoms with E-state index in [0.717, 1.165) is 0 Å². The summed E-state index contributed by atoms with van der Waals surface area (Å²) in [5, 5.41) is 12.4. The van der Waals surface area contributed by atoms with Crippen molar-refractivity contribution in [3.8, 4) is 5.88 Å². The lowest BCUT2D eigenvalue weighted by Crippen LogP contribution is -2.10. The van der Waals surface area contributed by atoms with Crippen molar-refractivity contribution in [3.05, 3.63) is 11.3 Å². The predicted octanol–water partition coefficient (Wildman–Crippen LogP) is 0.0381. The normalized spacial score (nSPS) is 10.0. The van der Waals surface area contributed by atoms with E-state index >= 15 is 0 Å². The van der Waals surface area contributed by atoms with Crippen LogP contribution in [0.4, 0.5) is 0 Å². The third-order valence-corrected chi connectivity index (χ3v) is 1.67. The molecule has 0 unspecified atom stereocenters. The van der Waals surface area contributed by atoms with Crippen LogP contribution in [0, 0.1) is 6.92 Å². The predicted molar refractivity (Wildman–Crippen MR) is 41.5 cm³/mol. The van der Waals surface area contributed by atoms with Gasteiger partial charge in [-0.15, -0.1) is 0 Å². The van der Waals surface area contributed by atoms with Crippen LogP contribution >= 0.6 is 0 Å². The van der Waals surface area contributed by atoms with Crippen LogP contribution < -0.4 is 5.90 Å². The molecule has 0 saturated heterocycles. The summed E-state index contributed by atoms with van der Waals surface area (Å²) in [5.41, 5.74) is 0.505. The molecule has 1 rings (SSSR count). The summed E-state index contributed by atoms with van der Waals surface area (Å²) in [6.07, 6.45) is 0.392. The first-order valence-corrected chi connectivity index (χ1v) is 3.68. The molecule has 0 aliphatic carbocycles. The number of nitrogens with zero attached hydrogens (tertiary/aromatic N) is 1. The Bertz CT molecular complexity index is 288. The van der Waals surface area contributed by atoms with Gasteiger partial charge in [-0.1, -0.05) is 0 Å². The first kappa shape index (κ1) is 9.53. The van der Waals surface area contributed by atoms with Crippen molar-refractivity contribution in [2.45, 2.75) is 19.8 Å². The van der Waals surface area contributed by atoms with Crippen LogP contribution in [0.5, 0.6) is 5.88 Å². The van der Waals surface area contributed by atoms with E-state index in [9.17, 15) is 4.79 Å². The molecule has 13 heavy (non-hydrogen) atoms. The average molecular weight is 186 g/mol. The quantitative estimate of drug-likeness (QED) is 0.646. The minimum atomic E-state index is -0.542. The summed E-state index contributed by atoms with van der Waals surface area (Å²) >= 11 is 0. The van der Waals surface area contributed by atoms with Crippen molar-refractivity contribution in [1.29, 1.82) is 0 Å². The topological polar surface area (TPSA) is 98.6 Å². The molecule has 0 bridgehead atoms. The summed E-state index contributed by atoms with van der Waals surface area (Å²) in [7, 11) is 0. The van der Waals surface area contributed by atoms with Crippen LogP contribution in [0.2, 0.25) is 0 Å². The van der Waals surface area contributed by atoms with Gasteiger partial charge in [0.1, 0.15) is 5.76 Å². The molecular formula is C7H10N2O4. The molecule has 3 N–H and O–H groups in total. The first-order chi connectivity index (χ1) is 6.15. The molecule has 0 aromatic carbocycles. The van der Waals surface area contributed by atoms with Gasteiger partial charge in [-0.3, -0.25) is 4.79 Å². The van der Waals surface area contributed by atoms with Gasteiger partial charge in [0.25, 0.3) is 5.88 Å². The molecule has 6 heteroatoms. The van der Waals surface area contributed by atoms with Gasteiger partial charge in [0.05, 0.1) is 12.0 Å². The number of carbonyl (C=O) groups excluding carboxylic acids is 1. The van der Waals surface area contributed by atoms with Gasteiger partial charge >= 0.3 is 5.97 Å². The molecule has 0 amide bonds. The standard InChI is InChI=1S/C7H10N2O4/c1-4-5(7(11)9-13-4)2-3-6(10)12-8/h2-3,8H2,1H3,(H,9,11). The highest BCUT2D eigenvalue weighted by Gasteiger charge is 2.13. The second-order valence-corrected chi connectivity index (χ2v) is 2.53. The number of hydrogen-bond donors (Lipinski definition) is 2. The van der Waals surface area contributed by atoms with Gasteiger partial charge in [0.2, 0.25) is 0 Å². The van der Waals surface area contributed by atoms with Crippen molar-refractivity contribution in [1.82, 2.24) is 5.16 Å². The number of aromatic nitrogens is 1. The van der Waals surface area contributed by atoms with E-state index in [1.165, 1.54) is 0 Å². The Morgan fingerprint density at radius 1 is 1.77 bits per heavy atom. The number of hydrogen-bond acceptors (Lipinski definition) is 6. The minimum Gasteiger partial charge on any atom is -0.491 e. The second-order valence-electron chi connectivity index (χ2n) is 2.53. The van der Waals surface area contributed by atoms with Crippen molar-refractivity contribution in [3.63, 3.8) is 0 Å². The summed E-state index contributed by atoms with van der Waals surface area (Å²) < 4.78 is 4.68. The van der Waals surface area contributed by atoms with Gasteiger partial charge < -0.3 is 14.5 Å². The maximum absolute atomic E-state index is 10.6. The maximum atomic E-state index is 10.6. The van der Waals surface area contributed by atoms with Crippen LogP contribution in [0.25, 0.3) is 0 Å². The fourth-order valence-corrected chi connectivity index (χ4v) is 0.953. The molecule has 6 nitrogen and oxygen atoms in total. The second kappa shape index (κ2) is 3.90. The van der Waals surface area contributed by atoms with Gasteiger partial charge in [-0.2, -0.15) is 5.90 Å². The molecule has 0 aliphatic rings. The lowest BCUT2D eigenvalue weighted by Gasteiger charge is -1.96. The molecule has 0 atom stereocenters. The van der Waals surface area contributed by atoms with Crippen LogP contribution in [-0.4, -0.2) is 16.2 Å². The number of carbonyl (C=O) groups is 1. The molecule has 1 aromatic rings. The molecular weight excluding hydrogens is 176 g/mol. The maximum Gasteiger partial charge on any atom is 0.324 e. The van der Waals surface area contributed by atoms with Crippen LogP contribution in [0.3, 0.4) is 0 Å². The highest BCUT2D eigenvalue weighted by Crippen LogP contribution is 2.20. The molecule has 0 saturated carbocycles. The Morgan fingerprint density at radius 3 is 2.92 bits per heavy atom. The molecule has 0 aliphatic heterocycles. The molecule has 0 fully saturated rings. The van der Waals surface area contributed by atoms with Crippen molar-refractivity contribution >= 4 is 5.97 Å². The monoisotopic (exact) mass is 186 g/mol. The highest BCUT2D eigenvalue weighted by molar-refractivity contribution is 5.69. The fourth-order valence-electron chi connectivity index (χ4n) is 0.953. The van der Waals surface area contributed by atoms with Gasteiger partial charge in [0.15, 0.2) is 0 Å². The van der Waals surface area contributed by atoms with Crippen molar-refractivity contribution in [2.75, 3.05) is 0 Å². The van der Waals surface area contributed by atoms with E-state index in [4.69, 9.17) is 5.11 Å².